The van der Waals surface area contributed by atoms with Gasteiger partial charge in [0.15, 0.2) is 0 Å². The normalized spacial score (nSPS) is 16.0. The maximum absolute atomic E-state index is 12.6. The molecule has 7 heteroatoms. The second-order valence-corrected chi connectivity index (χ2v) is 7.68. The first kappa shape index (κ1) is 20.7. The van der Waals surface area contributed by atoms with Gasteiger partial charge in [0, 0.05) is 50.2 Å². The summed E-state index contributed by atoms with van der Waals surface area (Å²) in [6, 6.07) is 12.0. The summed E-state index contributed by atoms with van der Waals surface area (Å²) < 4.78 is 1.59. The predicted octanol–water partition coefficient (Wildman–Crippen LogP) is 1.32. The molecule has 29 heavy (non-hydrogen) atoms. The van der Waals surface area contributed by atoms with E-state index in [-0.39, 0.29) is 17.6 Å². The van der Waals surface area contributed by atoms with Crippen LogP contribution >= 0.6 is 0 Å². The zero-order chi connectivity index (χ0) is 21.0. The van der Waals surface area contributed by atoms with Gasteiger partial charge in [0.2, 0.25) is 0 Å². The summed E-state index contributed by atoms with van der Waals surface area (Å²) in [4.78, 5) is 28.9. The van der Waals surface area contributed by atoms with E-state index in [1.807, 2.05) is 62.6 Å². The van der Waals surface area contributed by atoms with E-state index in [1.54, 1.807) is 11.6 Å². The number of likely N-dealkylation sites (N-methyl/N-ethyl adjacent to an activating group) is 1. The summed E-state index contributed by atoms with van der Waals surface area (Å²) in [7, 11) is 5.69. The molecular weight excluding hydrogens is 366 g/mol. The number of pyridine rings is 1. The molecule has 2 aromatic rings. The Bertz CT molecular complexity index is 923. The number of nitrogens with zero attached hydrogens (tertiary/aromatic N) is 3. The van der Waals surface area contributed by atoms with Gasteiger partial charge in [-0.3, -0.25) is 9.59 Å². The summed E-state index contributed by atoms with van der Waals surface area (Å²) in [6.45, 7) is 3.81. The fourth-order valence-electron chi connectivity index (χ4n) is 3.39. The number of nitrogens with one attached hydrogen (secondary N) is 2. The molecule has 2 heterocycles. The van der Waals surface area contributed by atoms with Crippen LogP contribution < -0.4 is 16.2 Å². The highest BCUT2D eigenvalue weighted by Gasteiger charge is 2.29. The highest BCUT2D eigenvalue weighted by atomic mass is 16.2. The fraction of sp³-hybridized carbons (Fsp3) is 0.364. The highest BCUT2D eigenvalue weighted by molar-refractivity contribution is 5.93. The molecule has 0 spiro atoms. The van der Waals surface area contributed by atoms with Gasteiger partial charge >= 0.3 is 0 Å². The Morgan fingerprint density at radius 3 is 2.62 bits per heavy atom. The molecule has 7 nitrogen and oxygen atoms in total. The summed E-state index contributed by atoms with van der Waals surface area (Å²) in [5, 5.41) is 6.29. The molecule has 1 aliphatic heterocycles. The van der Waals surface area contributed by atoms with Crippen LogP contribution in [0.2, 0.25) is 0 Å². The van der Waals surface area contributed by atoms with Gasteiger partial charge in [0.05, 0.1) is 0 Å². The molecule has 0 saturated carbocycles. The van der Waals surface area contributed by atoms with Crippen LogP contribution in [0.5, 0.6) is 0 Å². The molecule has 0 saturated heterocycles. The van der Waals surface area contributed by atoms with E-state index < -0.39 is 0 Å². The Morgan fingerprint density at radius 1 is 1.24 bits per heavy atom. The Labute approximate surface area is 171 Å². The Hall–Kier alpha value is -3.06. The number of aryl methyl sites for hydroxylation is 2. The molecule has 2 N–H and O–H groups in total. The lowest BCUT2D eigenvalue weighted by atomic mass is 10.1. The molecule has 0 radical (unpaired) electrons. The largest absolute Gasteiger partial charge is 0.356 e. The minimum Gasteiger partial charge on any atom is -0.356 e. The lowest BCUT2D eigenvalue weighted by Crippen LogP contribution is -2.36. The van der Waals surface area contributed by atoms with Gasteiger partial charge in [-0.25, -0.2) is 0 Å². The van der Waals surface area contributed by atoms with Crippen LogP contribution in [0.15, 0.2) is 59.3 Å². The van der Waals surface area contributed by atoms with Crippen LogP contribution in [0.4, 0.5) is 0 Å². The zero-order valence-electron chi connectivity index (χ0n) is 17.5. The zero-order valence-corrected chi connectivity index (χ0v) is 17.5. The average molecular weight is 396 g/mol. The van der Waals surface area contributed by atoms with E-state index in [2.05, 4.69) is 27.7 Å². The van der Waals surface area contributed by atoms with Crippen molar-refractivity contribution in [2.45, 2.75) is 19.6 Å². The molecule has 0 fully saturated rings. The SMILES string of the molecule is Cc1cc(C2NC(C(=O)NCCN(C)C)=CN2Cc2ccccc2)cn(C)c1=O. The van der Waals surface area contributed by atoms with E-state index in [0.29, 0.717) is 24.4 Å². The molecule has 1 atom stereocenters. The van der Waals surface area contributed by atoms with Crippen molar-refractivity contribution in [3.05, 3.63) is 81.5 Å². The van der Waals surface area contributed by atoms with E-state index in [1.165, 1.54) is 0 Å². The fourth-order valence-corrected chi connectivity index (χ4v) is 3.39. The van der Waals surface area contributed by atoms with Crippen molar-refractivity contribution in [1.82, 2.24) is 25.0 Å². The minimum atomic E-state index is -0.227. The smallest absolute Gasteiger partial charge is 0.268 e. The third kappa shape index (κ3) is 5.06. The topological polar surface area (TPSA) is 69.6 Å². The standard InChI is InChI=1S/C22H29N5O2/c1-16-12-18(14-26(4)22(16)29)20-24-19(21(28)23-10-11-25(2)3)15-27(20)13-17-8-6-5-7-9-17/h5-9,12,14-15,20,24H,10-11,13H2,1-4H3,(H,23,28). The number of carbonyl (C=O) groups excluding carboxylic acids is 1. The molecular formula is C22H29N5O2. The Balaban J connectivity index is 1.84. The lowest BCUT2D eigenvalue weighted by Gasteiger charge is -2.26. The number of hydrogen-bond donors (Lipinski definition) is 2. The van der Waals surface area contributed by atoms with Crippen molar-refractivity contribution >= 4 is 5.91 Å². The van der Waals surface area contributed by atoms with E-state index in [0.717, 1.165) is 17.7 Å². The van der Waals surface area contributed by atoms with Crippen LogP contribution in [0.3, 0.4) is 0 Å². The second kappa shape index (κ2) is 8.96. The molecule has 1 aromatic heterocycles. The molecule has 154 valence electrons. The van der Waals surface area contributed by atoms with Gasteiger partial charge in [-0.05, 0) is 32.6 Å². The first-order valence-corrected chi connectivity index (χ1v) is 9.73. The first-order valence-electron chi connectivity index (χ1n) is 9.73. The molecule has 0 aliphatic carbocycles. The Kier molecular flexibility index (Phi) is 6.39. The van der Waals surface area contributed by atoms with Crippen LogP contribution in [0.25, 0.3) is 0 Å². The lowest BCUT2D eigenvalue weighted by molar-refractivity contribution is -0.117. The highest BCUT2D eigenvalue weighted by Crippen LogP contribution is 2.27. The van der Waals surface area contributed by atoms with Crippen LogP contribution in [0.1, 0.15) is 22.9 Å². The van der Waals surface area contributed by atoms with Crippen molar-refractivity contribution < 1.29 is 4.79 Å². The second-order valence-electron chi connectivity index (χ2n) is 7.68. The first-order chi connectivity index (χ1) is 13.8. The van der Waals surface area contributed by atoms with Crippen molar-refractivity contribution in [2.24, 2.45) is 7.05 Å². The molecule has 1 unspecified atom stereocenters. The maximum Gasteiger partial charge on any atom is 0.268 e. The number of carbonyl (C=O) groups is 1. The van der Waals surface area contributed by atoms with Crippen molar-refractivity contribution in [1.29, 1.82) is 0 Å². The van der Waals surface area contributed by atoms with Gasteiger partial charge in [0.25, 0.3) is 11.5 Å². The Morgan fingerprint density at radius 2 is 1.97 bits per heavy atom. The van der Waals surface area contributed by atoms with Gasteiger partial charge in [0.1, 0.15) is 11.9 Å². The number of benzene rings is 1. The van der Waals surface area contributed by atoms with Gasteiger partial charge in [-0.1, -0.05) is 30.3 Å². The number of hydrogen-bond acceptors (Lipinski definition) is 5. The quantitative estimate of drug-likeness (QED) is 0.740. The third-order valence-corrected chi connectivity index (χ3v) is 4.92. The van der Waals surface area contributed by atoms with Crippen molar-refractivity contribution in [2.75, 3.05) is 27.2 Å². The van der Waals surface area contributed by atoms with E-state index in [9.17, 15) is 9.59 Å². The van der Waals surface area contributed by atoms with Crippen molar-refractivity contribution in [3.8, 4) is 0 Å². The number of amides is 1. The minimum absolute atomic E-state index is 0.0176. The van der Waals surface area contributed by atoms with E-state index >= 15 is 0 Å². The number of rotatable bonds is 7. The molecule has 1 aromatic carbocycles. The third-order valence-electron chi connectivity index (χ3n) is 4.92. The summed E-state index contributed by atoms with van der Waals surface area (Å²) in [5.41, 5.74) is 3.27. The van der Waals surface area contributed by atoms with Gasteiger partial charge in [-0.15, -0.1) is 0 Å². The average Bonchev–Trinajstić information content (AvgIpc) is 3.10. The maximum atomic E-state index is 12.6. The van der Waals surface area contributed by atoms with Crippen LogP contribution in [0, 0.1) is 6.92 Å². The molecule has 1 aliphatic rings. The summed E-state index contributed by atoms with van der Waals surface area (Å²) in [6.07, 6.45) is 3.46. The molecule has 1 amide bonds. The number of aromatic nitrogens is 1. The molecule has 0 bridgehead atoms. The van der Waals surface area contributed by atoms with Crippen LogP contribution in [-0.4, -0.2) is 47.5 Å². The molecule has 3 rings (SSSR count). The van der Waals surface area contributed by atoms with Crippen LogP contribution in [-0.2, 0) is 18.4 Å². The van der Waals surface area contributed by atoms with E-state index in [4.69, 9.17) is 0 Å². The summed E-state index contributed by atoms with van der Waals surface area (Å²) >= 11 is 0. The van der Waals surface area contributed by atoms with Gasteiger partial charge in [-0.2, -0.15) is 0 Å². The monoisotopic (exact) mass is 395 g/mol. The predicted molar refractivity (Wildman–Crippen MR) is 114 cm³/mol. The summed E-state index contributed by atoms with van der Waals surface area (Å²) in [5.74, 6) is -0.131. The van der Waals surface area contributed by atoms with Crippen molar-refractivity contribution in [3.63, 3.8) is 0 Å². The van der Waals surface area contributed by atoms with Gasteiger partial charge < -0.3 is 25.0 Å².